The zero-order valence-electron chi connectivity index (χ0n) is 6.55. The first kappa shape index (κ1) is 13.5. The van der Waals surface area contributed by atoms with E-state index in [0.29, 0.717) is 0 Å². The molecule has 0 aliphatic rings. The molecule has 0 aromatic carbocycles. The minimum Gasteiger partial charge on any atom is -0.264 e. The van der Waals surface area contributed by atoms with Crippen molar-refractivity contribution in [3.8, 4) is 0 Å². The van der Waals surface area contributed by atoms with E-state index in [2.05, 4.69) is 4.18 Å². The first-order valence-electron chi connectivity index (χ1n) is 2.98. The van der Waals surface area contributed by atoms with E-state index < -0.39 is 28.6 Å². The normalized spacial score (nSPS) is 16.8. The lowest BCUT2D eigenvalue weighted by molar-refractivity contribution is -0.306. The summed E-state index contributed by atoms with van der Waals surface area (Å²) in [4.78, 5) is 0. The predicted octanol–water partition coefficient (Wildman–Crippen LogP) is 1.39. The molecule has 0 aliphatic carbocycles. The molecule has 0 saturated carbocycles. The van der Waals surface area contributed by atoms with Crippen LogP contribution in [0.5, 0.6) is 0 Å². The topological polar surface area (TPSA) is 63.6 Å². The van der Waals surface area contributed by atoms with Gasteiger partial charge in [0, 0.05) is 0 Å². The fourth-order valence-electron chi connectivity index (χ4n) is 0.473. The highest BCUT2D eigenvalue weighted by Gasteiger charge is 2.62. The van der Waals surface area contributed by atoms with E-state index >= 15 is 0 Å². The molecule has 14 heavy (non-hydrogen) atoms. The van der Waals surface area contributed by atoms with Gasteiger partial charge in [0.15, 0.2) is 0 Å². The maximum absolute atomic E-state index is 12.2. The minimum atomic E-state index is -5.95. The van der Waals surface area contributed by atoms with Gasteiger partial charge in [-0.2, -0.15) is 30.4 Å². The van der Waals surface area contributed by atoms with E-state index in [1.54, 1.807) is 0 Å². The first-order chi connectivity index (χ1) is 5.88. The summed E-state index contributed by atoms with van der Waals surface area (Å²) in [5, 5.41) is 0. The van der Waals surface area contributed by atoms with Crippen LogP contribution < -0.4 is 0 Å². The van der Waals surface area contributed by atoms with Crippen LogP contribution >= 0.6 is 0 Å². The molecule has 1 N–H and O–H groups in total. The number of hydrogen-bond donors (Lipinski definition) is 1. The van der Waals surface area contributed by atoms with Gasteiger partial charge in [-0.3, -0.25) is 4.55 Å². The van der Waals surface area contributed by atoms with Crippen molar-refractivity contribution >= 4 is 10.4 Å². The molecule has 0 aromatic heterocycles. The quantitative estimate of drug-likeness (QED) is 0.602. The van der Waals surface area contributed by atoms with E-state index in [9.17, 15) is 30.4 Å². The molecular weight excluding hydrogens is 239 g/mol. The molecule has 1 atom stereocenters. The number of halogens is 5. The molecule has 4 nitrogen and oxygen atoms in total. The van der Waals surface area contributed by atoms with Gasteiger partial charge in [-0.15, -0.1) is 0 Å². The van der Waals surface area contributed by atoms with Gasteiger partial charge in [-0.1, -0.05) is 0 Å². The fourth-order valence-corrected chi connectivity index (χ4v) is 0.959. The van der Waals surface area contributed by atoms with E-state index in [1.165, 1.54) is 0 Å². The second kappa shape index (κ2) is 3.59. The van der Waals surface area contributed by atoms with Crippen LogP contribution in [0.15, 0.2) is 0 Å². The summed E-state index contributed by atoms with van der Waals surface area (Å²) in [6, 6.07) is 0. The van der Waals surface area contributed by atoms with E-state index in [4.69, 9.17) is 4.55 Å². The van der Waals surface area contributed by atoms with Crippen molar-refractivity contribution in [2.75, 3.05) is 0 Å². The molecule has 10 heteroatoms. The van der Waals surface area contributed by atoms with Crippen LogP contribution in [0.1, 0.15) is 6.92 Å². The molecule has 0 saturated heterocycles. The largest absolute Gasteiger partial charge is 0.456 e. The monoisotopic (exact) mass is 244 g/mol. The summed E-state index contributed by atoms with van der Waals surface area (Å²) < 4.78 is 89.8. The lowest BCUT2D eigenvalue weighted by atomic mass is 10.2. The summed E-state index contributed by atoms with van der Waals surface area (Å²) >= 11 is 0. The molecule has 0 aromatic rings. The Labute approximate surface area is 75.6 Å². The summed E-state index contributed by atoms with van der Waals surface area (Å²) in [7, 11) is -5.35. The Hall–Kier alpha value is -0.480. The van der Waals surface area contributed by atoms with Crippen LogP contribution in [-0.4, -0.2) is 31.2 Å². The average molecular weight is 244 g/mol. The molecule has 0 fully saturated rings. The molecule has 0 bridgehead atoms. The lowest BCUT2D eigenvalue weighted by Crippen LogP contribution is -2.47. The summed E-state index contributed by atoms with van der Waals surface area (Å²) in [5.41, 5.74) is 0. The standard InChI is InChI=1S/C4H5F5O4S/c1-2(13-14(10,11)12)3(5,6)4(7,8)9/h2H,1H3,(H,10,11,12). The molecule has 0 amide bonds. The molecule has 86 valence electrons. The van der Waals surface area contributed by atoms with Crippen molar-refractivity contribution in [1.29, 1.82) is 0 Å². The number of alkyl halides is 5. The van der Waals surface area contributed by atoms with E-state index in [-0.39, 0.29) is 6.92 Å². The molecule has 0 spiro atoms. The van der Waals surface area contributed by atoms with Crippen molar-refractivity contribution in [3.63, 3.8) is 0 Å². The van der Waals surface area contributed by atoms with Crippen molar-refractivity contribution < 1.29 is 39.1 Å². The zero-order chi connectivity index (χ0) is 11.8. The molecule has 0 heterocycles. The van der Waals surface area contributed by atoms with Gasteiger partial charge in [0.25, 0.3) is 0 Å². The van der Waals surface area contributed by atoms with Crippen LogP contribution in [0.3, 0.4) is 0 Å². The number of rotatable bonds is 3. The Balaban J connectivity index is 4.78. The summed E-state index contributed by atoms with van der Waals surface area (Å²) in [6.45, 7) is 0.168. The minimum absolute atomic E-state index is 0.168. The van der Waals surface area contributed by atoms with Gasteiger partial charge in [0.05, 0.1) is 0 Å². The van der Waals surface area contributed by atoms with Gasteiger partial charge in [-0.05, 0) is 6.92 Å². The zero-order valence-corrected chi connectivity index (χ0v) is 7.36. The maximum Gasteiger partial charge on any atom is 0.456 e. The third kappa shape index (κ3) is 3.35. The second-order valence-corrected chi connectivity index (χ2v) is 3.33. The van der Waals surface area contributed by atoms with Crippen LogP contribution in [0.2, 0.25) is 0 Å². The Morgan fingerprint density at radius 2 is 1.57 bits per heavy atom. The van der Waals surface area contributed by atoms with Crippen molar-refractivity contribution in [3.05, 3.63) is 0 Å². The summed E-state index contributed by atoms with van der Waals surface area (Å²) in [5.74, 6) is -5.36. The maximum atomic E-state index is 12.2. The smallest absolute Gasteiger partial charge is 0.264 e. The van der Waals surface area contributed by atoms with Gasteiger partial charge in [0.1, 0.15) is 6.10 Å². The van der Waals surface area contributed by atoms with Crippen molar-refractivity contribution in [1.82, 2.24) is 0 Å². The predicted molar refractivity (Wildman–Crippen MR) is 33.1 cm³/mol. The Morgan fingerprint density at radius 1 is 1.21 bits per heavy atom. The van der Waals surface area contributed by atoms with Crippen molar-refractivity contribution in [2.45, 2.75) is 25.1 Å². The molecule has 0 radical (unpaired) electrons. The van der Waals surface area contributed by atoms with Crippen LogP contribution in [0.4, 0.5) is 22.0 Å². The molecule has 1 unspecified atom stereocenters. The van der Waals surface area contributed by atoms with Crippen LogP contribution in [0, 0.1) is 0 Å². The molecule has 0 rings (SSSR count). The summed E-state index contributed by atoms with van der Waals surface area (Å²) in [6.07, 6.45) is -8.98. The van der Waals surface area contributed by atoms with Gasteiger partial charge < -0.3 is 0 Å². The lowest BCUT2D eigenvalue weighted by Gasteiger charge is -2.24. The highest BCUT2D eigenvalue weighted by Crippen LogP contribution is 2.39. The first-order valence-corrected chi connectivity index (χ1v) is 4.34. The fraction of sp³-hybridized carbons (Fsp3) is 1.00. The van der Waals surface area contributed by atoms with Gasteiger partial charge >= 0.3 is 22.5 Å². The second-order valence-electron chi connectivity index (χ2n) is 2.29. The Bertz CT molecular complexity index is 293. The van der Waals surface area contributed by atoms with Crippen molar-refractivity contribution in [2.24, 2.45) is 0 Å². The van der Waals surface area contributed by atoms with Gasteiger partial charge in [0.2, 0.25) is 0 Å². The average Bonchev–Trinajstić information content (AvgIpc) is 1.80. The Morgan fingerprint density at radius 3 is 1.79 bits per heavy atom. The van der Waals surface area contributed by atoms with Crippen LogP contribution in [-0.2, 0) is 14.6 Å². The SMILES string of the molecule is CC(OS(=O)(=O)O)C(F)(F)C(F)(F)F. The van der Waals surface area contributed by atoms with Crippen LogP contribution in [0.25, 0.3) is 0 Å². The highest BCUT2D eigenvalue weighted by molar-refractivity contribution is 7.80. The highest BCUT2D eigenvalue weighted by atomic mass is 32.3. The van der Waals surface area contributed by atoms with E-state index in [1.807, 2.05) is 0 Å². The number of hydrogen-bond acceptors (Lipinski definition) is 3. The third-order valence-electron chi connectivity index (χ3n) is 1.15. The third-order valence-corrected chi connectivity index (χ3v) is 1.69. The van der Waals surface area contributed by atoms with E-state index in [0.717, 1.165) is 0 Å². The Kier molecular flexibility index (Phi) is 3.46. The molecular formula is C4H5F5O4S. The van der Waals surface area contributed by atoms with Gasteiger partial charge in [-0.25, -0.2) is 4.18 Å². The molecule has 0 aliphatic heterocycles.